The molecule has 0 aromatic heterocycles. The lowest BCUT2D eigenvalue weighted by atomic mass is 10.1. The second kappa shape index (κ2) is 5.90. The number of hydrogen-bond acceptors (Lipinski definition) is 2. The average molecular weight is 316 g/mol. The quantitative estimate of drug-likeness (QED) is 0.757. The monoisotopic (exact) mass is 315 g/mol. The minimum absolute atomic E-state index is 0.607. The summed E-state index contributed by atoms with van der Waals surface area (Å²) >= 11 is 3.44. The van der Waals surface area contributed by atoms with Crippen molar-refractivity contribution in [2.75, 3.05) is 0 Å². The Morgan fingerprint density at radius 3 is 2.47 bits per heavy atom. The topological polar surface area (TPSA) is 33.0 Å². The van der Waals surface area contributed by atoms with Gasteiger partial charge in [-0.25, -0.2) is 0 Å². The van der Waals surface area contributed by atoms with Crippen LogP contribution in [0.5, 0.6) is 11.5 Å². The first kappa shape index (κ1) is 13.6. The first-order valence-electron chi connectivity index (χ1n) is 5.98. The number of ether oxygens (including phenoxy) is 1. The maximum absolute atomic E-state index is 8.93. The molecule has 0 bridgehead atoms. The lowest BCUT2D eigenvalue weighted by Crippen LogP contribution is -1.92. The van der Waals surface area contributed by atoms with Crippen molar-refractivity contribution in [3.8, 4) is 17.6 Å². The Labute approximate surface area is 121 Å². The Kier molecular flexibility index (Phi) is 4.24. The van der Waals surface area contributed by atoms with E-state index < -0.39 is 0 Å². The molecule has 0 saturated carbocycles. The van der Waals surface area contributed by atoms with Crippen molar-refractivity contribution in [2.45, 2.75) is 19.2 Å². The third-order valence-electron chi connectivity index (χ3n) is 2.93. The zero-order valence-electron chi connectivity index (χ0n) is 10.9. The number of nitriles is 1. The summed E-state index contributed by atoms with van der Waals surface area (Å²) in [7, 11) is 0. The van der Waals surface area contributed by atoms with Crippen LogP contribution in [-0.4, -0.2) is 0 Å². The van der Waals surface area contributed by atoms with E-state index in [1.54, 1.807) is 12.1 Å². The number of nitrogens with zero attached hydrogens (tertiary/aromatic N) is 1. The molecule has 0 aliphatic carbocycles. The molecule has 0 aliphatic rings. The first-order valence-corrected chi connectivity index (χ1v) is 7.10. The summed E-state index contributed by atoms with van der Waals surface area (Å²) in [6, 6.07) is 13.7. The summed E-state index contributed by atoms with van der Waals surface area (Å²) in [5.74, 6) is 1.55. The lowest BCUT2D eigenvalue weighted by molar-refractivity contribution is 0.475. The number of alkyl halides is 1. The number of rotatable bonds is 3. The molecule has 0 N–H and O–H groups in total. The maximum Gasteiger partial charge on any atom is 0.131 e. The summed E-state index contributed by atoms with van der Waals surface area (Å²) in [5.41, 5.74) is 3.92. The van der Waals surface area contributed by atoms with Crippen LogP contribution in [0.25, 0.3) is 0 Å². The molecule has 2 nitrogen and oxygen atoms in total. The molecule has 0 amide bonds. The van der Waals surface area contributed by atoms with E-state index in [0.717, 1.165) is 28.0 Å². The van der Waals surface area contributed by atoms with Crippen molar-refractivity contribution in [2.24, 2.45) is 0 Å². The van der Waals surface area contributed by atoms with Gasteiger partial charge in [-0.05, 0) is 48.7 Å². The van der Waals surface area contributed by atoms with Crippen LogP contribution in [0.15, 0.2) is 36.4 Å². The fraction of sp³-hybridized carbons (Fsp3) is 0.188. The van der Waals surface area contributed by atoms with Gasteiger partial charge in [0.15, 0.2) is 0 Å². The number of benzene rings is 2. The third kappa shape index (κ3) is 3.15. The molecule has 0 unspecified atom stereocenters. The van der Waals surface area contributed by atoms with Gasteiger partial charge in [-0.15, -0.1) is 0 Å². The van der Waals surface area contributed by atoms with E-state index in [9.17, 15) is 0 Å². The summed E-state index contributed by atoms with van der Waals surface area (Å²) in [6.45, 7) is 3.99. The second-order valence-corrected chi connectivity index (χ2v) is 4.99. The smallest absolute Gasteiger partial charge is 0.131 e. The van der Waals surface area contributed by atoms with Gasteiger partial charge in [-0.3, -0.25) is 0 Å². The molecule has 96 valence electrons. The van der Waals surface area contributed by atoms with Crippen LogP contribution in [-0.2, 0) is 5.33 Å². The van der Waals surface area contributed by atoms with Gasteiger partial charge in [0.2, 0.25) is 0 Å². The van der Waals surface area contributed by atoms with Crippen molar-refractivity contribution in [3.63, 3.8) is 0 Å². The van der Waals surface area contributed by atoms with Crippen LogP contribution in [0.1, 0.15) is 22.3 Å². The molecule has 0 radical (unpaired) electrons. The fourth-order valence-electron chi connectivity index (χ4n) is 1.81. The van der Waals surface area contributed by atoms with Crippen molar-refractivity contribution < 1.29 is 4.74 Å². The van der Waals surface area contributed by atoms with Gasteiger partial charge in [-0.1, -0.05) is 34.1 Å². The molecule has 19 heavy (non-hydrogen) atoms. The molecule has 2 aromatic rings. The molecular formula is C16H14BrNO. The first-order chi connectivity index (χ1) is 9.13. The maximum atomic E-state index is 8.93. The van der Waals surface area contributed by atoms with Crippen LogP contribution < -0.4 is 4.74 Å². The highest BCUT2D eigenvalue weighted by Crippen LogP contribution is 2.29. The number of aryl methyl sites for hydroxylation is 2. The minimum Gasteiger partial charge on any atom is -0.457 e. The van der Waals surface area contributed by atoms with Gasteiger partial charge in [0.05, 0.1) is 11.6 Å². The second-order valence-electron chi connectivity index (χ2n) is 4.43. The molecule has 3 heteroatoms. The predicted octanol–water partition coefficient (Wildman–Crippen LogP) is 4.86. The highest BCUT2D eigenvalue weighted by molar-refractivity contribution is 9.08. The van der Waals surface area contributed by atoms with Crippen LogP contribution in [0, 0.1) is 25.2 Å². The normalized spacial score (nSPS) is 10.0. The van der Waals surface area contributed by atoms with E-state index >= 15 is 0 Å². The average Bonchev–Trinajstić information content (AvgIpc) is 2.43. The molecule has 0 saturated heterocycles. The Hall–Kier alpha value is -1.79. The predicted molar refractivity (Wildman–Crippen MR) is 79.8 cm³/mol. The van der Waals surface area contributed by atoms with Gasteiger partial charge >= 0.3 is 0 Å². The van der Waals surface area contributed by atoms with Crippen LogP contribution >= 0.6 is 15.9 Å². The highest BCUT2D eigenvalue weighted by Gasteiger charge is 2.06. The van der Waals surface area contributed by atoms with Gasteiger partial charge in [0, 0.05) is 5.33 Å². The fourth-order valence-corrected chi connectivity index (χ4v) is 2.16. The summed E-state index contributed by atoms with van der Waals surface area (Å²) in [5, 5.41) is 9.76. The van der Waals surface area contributed by atoms with Crippen molar-refractivity contribution in [3.05, 3.63) is 58.7 Å². The molecule has 0 aliphatic heterocycles. The van der Waals surface area contributed by atoms with E-state index in [1.807, 2.05) is 32.0 Å². The lowest BCUT2D eigenvalue weighted by Gasteiger charge is -2.12. The SMILES string of the molecule is Cc1cc(CBr)ccc1Oc1cc(C#N)ccc1C. The van der Waals surface area contributed by atoms with E-state index in [-0.39, 0.29) is 0 Å². The highest BCUT2D eigenvalue weighted by atomic mass is 79.9. The summed E-state index contributed by atoms with van der Waals surface area (Å²) < 4.78 is 5.92. The largest absolute Gasteiger partial charge is 0.457 e. The molecule has 0 fully saturated rings. The molecule has 2 rings (SSSR count). The Bertz CT molecular complexity index is 644. The summed E-state index contributed by atoms with van der Waals surface area (Å²) in [6.07, 6.45) is 0. The van der Waals surface area contributed by atoms with E-state index in [0.29, 0.717) is 5.56 Å². The molecule has 0 spiro atoms. The van der Waals surface area contributed by atoms with Gasteiger partial charge in [0.1, 0.15) is 11.5 Å². The zero-order chi connectivity index (χ0) is 13.8. The van der Waals surface area contributed by atoms with Crippen molar-refractivity contribution >= 4 is 15.9 Å². The molecule has 0 atom stereocenters. The van der Waals surface area contributed by atoms with E-state index in [2.05, 4.69) is 28.1 Å². The van der Waals surface area contributed by atoms with E-state index in [1.165, 1.54) is 5.56 Å². The van der Waals surface area contributed by atoms with Gasteiger partial charge in [0.25, 0.3) is 0 Å². The Balaban J connectivity index is 2.33. The van der Waals surface area contributed by atoms with E-state index in [4.69, 9.17) is 10.00 Å². The Morgan fingerprint density at radius 2 is 1.84 bits per heavy atom. The standard InChI is InChI=1S/C16H14BrNO/c1-11-3-4-14(10-18)8-16(11)19-15-6-5-13(9-17)7-12(15)2/h3-8H,9H2,1-2H3. The van der Waals surface area contributed by atoms with Crippen LogP contribution in [0.3, 0.4) is 0 Å². The van der Waals surface area contributed by atoms with Gasteiger partial charge < -0.3 is 4.74 Å². The minimum atomic E-state index is 0.607. The van der Waals surface area contributed by atoms with Crippen LogP contribution in [0.4, 0.5) is 0 Å². The third-order valence-corrected chi connectivity index (χ3v) is 3.58. The molecule has 0 heterocycles. The van der Waals surface area contributed by atoms with Crippen molar-refractivity contribution in [1.29, 1.82) is 5.26 Å². The van der Waals surface area contributed by atoms with Crippen molar-refractivity contribution in [1.82, 2.24) is 0 Å². The molecule has 2 aromatic carbocycles. The van der Waals surface area contributed by atoms with Gasteiger partial charge in [-0.2, -0.15) is 5.26 Å². The number of hydrogen-bond donors (Lipinski definition) is 0. The number of halogens is 1. The van der Waals surface area contributed by atoms with Crippen LogP contribution in [0.2, 0.25) is 0 Å². The Morgan fingerprint density at radius 1 is 1.05 bits per heavy atom. The molecular weight excluding hydrogens is 302 g/mol. The summed E-state index contributed by atoms with van der Waals surface area (Å²) in [4.78, 5) is 0. The zero-order valence-corrected chi connectivity index (χ0v) is 12.5.